The molecule has 0 spiro atoms. The molecule has 0 bridgehead atoms. The molecule has 9 heavy (non-hydrogen) atoms. The summed E-state index contributed by atoms with van der Waals surface area (Å²) in [6, 6.07) is 0. The topological polar surface area (TPSA) is 77.4 Å². The van der Waals surface area contributed by atoms with E-state index in [1.54, 1.807) is 0 Å². The van der Waals surface area contributed by atoms with Crippen LogP contribution in [0, 0.1) is 0 Å². The first-order valence-electron chi connectivity index (χ1n) is 1.87. The minimum absolute atomic E-state index is 0. The van der Waals surface area contributed by atoms with Crippen LogP contribution in [0.3, 0.4) is 0 Å². The third-order valence-electron chi connectivity index (χ3n) is 0.167. The van der Waals surface area contributed by atoms with Gasteiger partial charge in [0.2, 0.25) is 0 Å². The number of carbonyl (C=O) groups is 1. The van der Waals surface area contributed by atoms with Crippen LogP contribution >= 0.6 is 0 Å². The summed E-state index contributed by atoms with van der Waals surface area (Å²) in [4.78, 5) is 9.17. The molecule has 0 aromatic heterocycles. The normalized spacial score (nSPS) is 9.67. The molecule has 4 nitrogen and oxygen atoms in total. The Balaban J connectivity index is -0.0000000720. The molecule has 0 fully saturated rings. The molecule has 1 unspecified atom stereocenters. The van der Waals surface area contributed by atoms with E-state index < -0.39 is 11.4 Å². The molecule has 0 rings (SSSR count). The van der Waals surface area contributed by atoms with E-state index >= 15 is 0 Å². The van der Waals surface area contributed by atoms with Crippen molar-refractivity contribution in [3.63, 3.8) is 0 Å². The average Bonchev–Trinajstić information content (AvgIpc) is 1.65. The quantitative estimate of drug-likeness (QED) is 0.252. The summed E-state index contributed by atoms with van der Waals surface area (Å²) >= 11 is -2.86. The van der Waals surface area contributed by atoms with Gasteiger partial charge in [0.05, 0.1) is 11.4 Å². The van der Waals surface area contributed by atoms with Gasteiger partial charge in [-0.3, -0.25) is 0 Å². The van der Waals surface area contributed by atoms with Gasteiger partial charge in [0, 0.05) is 6.42 Å². The van der Waals surface area contributed by atoms with Crippen molar-refractivity contribution in [1.29, 1.82) is 0 Å². The molecule has 0 aliphatic rings. The van der Waals surface area contributed by atoms with Gasteiger partial charge in [-0.15, -0.1) is 0 Å². The summed E-state index contributed by atoms with van der Waals surface area (Å²) in [6.45, 7) is 1.81. The summed E-state index contributed by atoms with van der Waals surface area (Å²) < 4.78 is 24.1. The van der Waals surface area contributed by atoms with Crippen molar-refractivity contribution in [3.05, 3.63) is 0 Å². The summed E-state index contributed by atoms with van der Waals surface area (Å²) in [5, 5.41) is 0. The van der Waals surface area contributed by atoms with E-state index in [9.17, 15) is 4.79 Å². The number of hydrogen-bond acceptors (Lipinski definition) is 3. The largest absolute Gasteiger partial charge is 1.00 e. The molecule has 0 saturated heterocycles. The molecular formula is C3H7NaO4S. The first kappa shape index (κ1) is 16.4. The van der Waals surface area contributed by atoms with Crippen molar-refractivity contribution in [2.24, 2.45) is 0 Å². The Morgan fingerprint density at radius 1 is 1.78 bits per heavy atom. The second-order valence-electron chi connectivity index (χ2n) is 0.792. The van der Waals surface area contributed by atoms with Gasteiger partial charge < -0.3 is 13.9 Å². The standard InChI is InChI=1S/C3H6O.Na.H2O3S/c1-2-3-4;;1-4(2)3/h3H,2H2,1H3;;(H2,1,2,3)/q;+1;/p-1. The van der Waals surface area contributed by atoms with Crippen LogP contribution < -0.4 is 29.6 Å². The van der Waals surface area contributed by atoms with E-state index in [0.29, 0.717) is 6.42 Å². The van der Waals surface area contributed by atoms with E-state index in [1.165, 1.54) is 0 Å². The van der Waals surface area contributed by atoms with Gasteiger partial charge in [0.25, 0.3) is 0 Å². The van der Waals surface area contributed by atoms with Crippen LogP contribution in [0.5, 0.6) is 0 Å². The minimum Gasteiger partial charge on any atom is -0.750 e. The van der Waals surface area contributed by atoms with E-state index in [-0.39, 0.29) is 29.6 Å². The van der Waals surface area contributed by atoms with Gasteiger partial charge in [-0.05, 0) is 0 Å². The molecule has 1 N–H and O–H groups in total. The van der Waals surface area contributed by atoms with Crippen molar-refractivity contribution in [2.75, 3.05) is 0 Å². The molecule has 1 atom stereocenters. The van der Waals surface area contributed by atoms with Crippen molar-refractivity contribution in [3.8, 4) is 0 Å². The zero-order valence-corrected chi connectivity index (χ0v) is 8.18. The van der Waals surface area contributed by atoms with E-state index in [1.807, 2.05) is 6.92 Å². The SMILES string of the molecule is CCC=O.O=S([O-])O.[Na+]. The summed E-state index contributed by atoms with van der Waals surface area (Å²) in [7, 11) is 0. The molecule has 0 heterocycles. The summed E-state index contributed by atoms with van der Waals surface area (Å²) in [6.07, 6.45) is 1.51. The minimum atomic E-state index is -2.86. The zero-order valence-electron chi connectivity index (χ0n) is 5.36. The van der Waals surface area contributed by atoms with Crippen LogP contribution in [-0.4, -0.2) is 19.6 Å². The summed E-state index contributed by atoms with van der Waals surface area (Å²) in [5.41, 5.74) is 0. The predicted molar refractivity (Wildman–Crippen MR) is 27.9 cm³/mol. The maximum atomic E-state index is 9.17. The van der Waals surface area contributed by atoms with E-state index in [2.05, 4.69) is 0 Å². The van der Waals surface area contributed by atoms with Crippen LogP contribution in [0.25, 0.3) is 0 Å². The number of carbonyl (C=O) groups excluding carboxylic acids is 1. The molecule has 0 amide bonds. The third kappa shape index (κ3) is 131. The van der Waals surface area contributed by atoms with Gasteiger partial charge in [-0.25, -0.2) is 4.21 Å². The zero-order chi connectivity index (χ0) is 6.99. The van der Waals surface area contributed by atoms with Crippen LogP contribution in [0.2, 0.25) is 0 Å². The number of aldehydes is 1. The monoisotopic (exact) mass is 162 g/mol. The third-order valence-corrected chi connectivity index (χ3v) is 0.167. The second kappa shape index (κ2) is 15.9. The fourth-order valence-corrected chi connectivity index (χ4v) is 0. The van der Waals surface area contributed by atoms with E-state index in [0.717, 1.165) is 6.29 Å². The average molecular weight is 162 g/mol. The van der Waals surface area contributed by atoms with Crippen molar-refractivity contribution in [2.45, 2.75) is 13.3 Å². The first-order valence-corrected chi connectivity index (χ1v) is 2.90. The van der Waals surface area contributed by atoms with Crippen LogP contribution in [-0.2, 0) is 16.2 Å². The fourth-order valence-electron chi connectivity index (χ4n) is 0. The van der Waals surface area contributed by atoms with Crippen LogP contribution in [0.1, 0.15) is 13.3 Å². The van der Waals surface area contributed by atoms with Crippen molar-refractivity contribution >= 4 is 17.6 Å². The number of rotatable bonds is 1. The second-order valence-corrected chi connectivity index (χ2v) is 1.23. The Kier molecular flexibility index (Phi) is 28.9. The molecule has 50 valence electrons. The van der Waals surface area contributed by atoms with Crippen molar-refractivity contribution < 1.29 is 47.7 Å². The summed E-state index contributed by atoms with van der Waals surface area (Å²) in [5.74, 6) is 0. The Labute approximate surface area is 78.4 Å². The maximum absolute atomic E-state index is 9.17. The molecule has 0 aliphatic heterocycles. The Hall–Kier alpha value is 0.740. The molecule has 0 aliphatic carbocycles. The first-order chi connectivity index (χ1) is 3.65. The molecule has 0 aromatic rings. The van der Waals surface area contributed by atoms with Gasteiger partial charge in [0.15, 0.2) is 0 Å². The Bertz CT molecular complexity index is 72.2. The predicted octanol–water partition coefficient (Wildman–Crippen LogP) is -3.06. The molecule has 0 radical (unpaired) electrons. The molecule has 0 aromatic carbocycles. The van der Waals surface area contributed by atoms with Crippen LogP contribution in [0.4, 0.5) is 0 Å². The number of hydrogen-bond donors (Lipinski definition) is 1. The Morgan fingerprint density at radius 2 is 1.89 bits per heavy atom. The van der Waals surface area contributed by atoms with Gasteiger partial charge in [-0.2, -0.15) is 0 Å². The van der Waals surface area contributed by atoms with Gasteiger partial charge in [0.1, 0.15) is 6.29 Å². The van der Waals surface area contributed by atoms with Gasteiger partial charge >= 0.3 is 29.6 Å². The molecular weight excluding hydrogens is 155 g/mol. The molecule has 6 heteroatoms. The fraction of sp³-hybridized carbons (Fsp3) is 0.667. The van der Waals surface area contributed by atoms with Crippen molar-refractivity contribution in [1.82, 2.24) is 0 Å². The van der Waals surface area contributed by atoms with Gasteiger partial charge in [-0.1, -0.05) is 6.92 Å². The Morgan fingerprint density at radius 3 is 1.89 bits per heavy atom. The maximum Gasteiger partial charge on any atom is 1.00 e. The van der Waals surface area contributed by atoms with E-state index in [4.69, 9.17) is 13.3 Å². The smallest absolute Gasteiger partial charge is 0.750 e. The molecule has 0 saturated carbocycles. The van der Waals surface area contributed by atoms with Crippen LogP contribution in [0.15, 0.2) is 0 Å².